The van der Waals surface area contributed by atoms with E-state index in [4.69, 9.17) is 9.68 Å². The molecule has 0 spiro atoms. The van der Waals surface area contributed by atoms with Crippen molar-refractivity contribution in [1.82, 2.24) is 10.3 Å². The fourth-order valence-corrected chi connectivity index (χ4v) is 2.05. The lowest BCUT2D eigenvalue weighted by Crippen LogP contribution is -2.40. The Hall–Kier alpha value is -1.34. The standard InChI is InChI=1S/C11H15N3O/c1-9-13-6-10(15-9)7-14-11(8-12)4-2-3-5-11/h6,14H,2-5,7H2,1H3. The van der Waals surface area contributed by atoms with Gasteiger partial charge in [0, 0.05) is 6.92 Å². The van der Waals surface area contributed by atoms with Gasteiger partial charge in [0.15, 0.2) is 5.89 Å². The summed E-state index contributed by atoms with van der Waals surface area (Å²) in [6.07, 6.45) is 5.86. The summed E-state index contributed by atoms with van der Waals surface area (Å²) in [6.45, 7) is 2.41. The first-order valence-corrected chi connectivity index (χ1v) is 5.32. The first-order valence-electron chi connectivity index (χ1n) is 5.32. The highest BCUT2D eigenvalue weighted by molar-refractivity contribution is 5.10. The van der Waals surface area contributed by atoms with Crippen molar-refractivity contribution >= 4 is 0 Å². The molecule has 0 aliphatic heterocycles. The van der Waals surface area contributed by atoms with E-state index in [9.17, 15) is 0 Å². The number of oxazole rings is 1. The van der Waals surface area contributed by atoms with Crippen LogP contribution in [0.4, 0.5) is 0 Å². The van der Waals surface area contributed by atoms with Crippen molar-refractivity contribution in [2.24, 2.45) is 0 Å². The SMILES string of the molecule is Cc1ncc(CNC2(C#N)CCCC2)o1. The molecule has 80 valence electrons. The van der Waals surface area contributed by atoms with Gasteiger partial charge in [0.05, 0.1) is 18.8 Å². The predicted octanol–water partition coefficient (Wildman–Crippen LogP) is 1.91. The highest BCUT2D eigenvalue weighted by Gasteiger charge is 2.33. The predicted molar refractivity (Wildman–Crippen MR) is 54.9 cm³/mol. The third kappa shape index (κ3) is 2.18. The van der Waals surface area contributed by atoms with E-state index in [-0.39, 0.29) is 5.54 Å². The van der Waals surface area contributed by atoms with Crippen molar-refractivity contribution in [2.45, 2.75) is 44.7 Å². The second-order valence-electron chi connectivity index (χ2n) is 4.10. The minimum Gasteiger partial charge on any atom is -0.445 e. The number of hydrogen-bond acceptors (Lipinski definition) is 4. The van der Waals surface area contributed by atoms with Crippen LogP contribution in [0.2, 0.25) is 0 Å². The fraction of sp³-hybridized carbons (Fsp3) is 0.636. The maximum Gasteiger partial charge on any atom is 0.191 e. The van der Waals surface area contributed by atoms with Crippen LogP contribution in [0.15, 0.2) is 10.6 Å². The highest BCUT2D eigenvalue weighted by Crippen LogP contribution is 2.29. The van der Waals surface area contributed by atoms with Crippen molar-refractivity contribution in [3.8, 4) is 6.07 Å². The number of nitriles is 1. The van der Waals surface area contributed by atoms with Crippen molar-refractivity contribution < 1.29 is 4.42 Å². The van der Waals surface area contributed by atoms with Gasteiger partial charge in [-0.15, -0.1) is 0 Å². The third-order valence-electron chi connectivity index (χ3n) is 2.94. The molecule has 0 atom stereocenters. The van der Waals surface area contributed by atoms with E-state index in [1.165, 1.54) is 0 Å². The van der Waals surface area contributed by atoms with Gasteiger partial charge in [-0.1, -0.05) is 12.8 Å². The van der Waals surface area contributed by atoms with E-state index in [1.807, 2.05) is 6.92 Å². The third-order valence-corrected chi connectivity index (χ3v) is 2.94. The molecule has 1 aromatic rings. The van der Waals surface area contributed by atoms with E-state index >= 15 is 0 Å². The number of nitrogens with zero attached hydrogens (tertiary/aromatic N) is 2. The van der Waals surface area contributed by atoms with E-state index in [0.717, 1.165) is 31.4 Å². The number of nitrogens with one attached hydrogen (secondary N) is 1. The number of aryl methyl sites for hydroxylation is 1. The Morgan fingerprint density at radius 3 is 2.87 bits per heavy atom. The highest BCUT2D eigenvalue weighted by atomic mass is 16.4. The van der Waals surface area contributed by atoms with Crippen LogP contribution >= 0.6 is 0 Å². The van der Waals surface area contributed by atoms with Crippen molar-refractivity contribution in [1.29, 1.82) is 5.26 Å². The molecule has 2 rings (SSSR count). The van der Waals surface area contributed by atoms with Crippen LogP contribution in [-0.4, -0.2) is 10.5 Å². The van der Waals surface area contributed by atoms with E-state index in [0.29, 0.717) is 12.4 Å². The van der Waals surface area contributed by atoms with Crippen molar-refractivity contribution in [3.05, 3.63) is 17.8 Å². The Balaban J connectivity index is 1.95. The minimum atomic E-state index is -0.333. The van der Waals surface area contributed by atoms with Gasteiger partial charge in [-0.2, -0.15) is 5.26 Å². The second kappa shape index (κ2) is 4.03. The topological polar surface area (TPSA) is 61.9 Å². The Morgan fingerprint density at radius 1 is 1.60 bits per heavy atom. The van der Waals surface area contributed by atoms with E-state index in [1.54, 1.807) is 6.20 Å². The van der Waals surface area contributed by atoms with Crippen LogP contribution in [-0.2, 0) is 6.54 Å². The van der Waals surface area contributed by atoms with Crippen LogP contribution in [0.25, 0.3) is 0 Å². The van der Waals surface area contributed by atoms with Gasteiger partial charge in [-0.05, 0) is 12.8 Å². The zero-order chi connectivity index (χ0) is 10.7. The minimum absolute atomic E-state index is 0.333. The first kappa shape index (κ1) is 10.2. The Bertz CT molecular complexity index is 371. The van der Waals surface area contributed by atoms with Gasteiger partial charge >= 0.3 is 0 Å². The lowest BCUT2D eigenvalue weighted by Gasteiger charge is -2.20. The van der Waals surface area contributed by atoms with Gasteiger partial charge in [0.25, 0.3) is 0 Å². The van der Waals surface area contributed by atoms with Crippen LogP contribution in [0.5, 0.6) is 0 Å². The summed E-state index contributed by atoms with van der Waals surface area (Å²) in [5.41, 5.74) is -0.333. The monoisotopic (exact) mass is 205 g/mol. The van der Waals surface area contributed by atoms with E-state index < -0.39 is 0 Å². The molecule has 1 aliphatic carbocycles. The molecule has 1 aliphatic rings. The molecule has 0 unspecified atom stereocenters. The lowest BCUT2D eigenvalue weighted by atomic mass is 10.00. The smallest absolute Gasteiger partial charge is 0.191 e. The first-order chi connectivity index (χ1) is 7.24. The molecule has 4 heteroatoms. The van der Waals surface area contributed by atoms with Crippen LogP contribution in [0, 0.1) is 18.3 Å². The molecule has 1 fully saturated rings. The molecular formula is C11H15N3O. The Labute approximate surface area is 89.3 Å². The largest absolute Gasteiger partial charge is 0.445 e. The molecule has 1 heterocycles. The molecule has 0 bridgehead atoms. The van der Waals surface area contributed by atoms with E-state index in [2.05, 4.69) is 16.4 Å². The lowest BCUT2D eigenvalue weighted by molar-refractivity contribution is 0.381. The zero-order valence-electron chi connectivity index (χ0n) is 8.92. The summed E-state index contributed by atoms with van der Waals surface area (Å²) >= 11 is 0. The van der Waals surface area contributed by atoms with Crippen LogP contribution < -0.4 is 5.32 Å². The van der Waals surface area contributed by atoms with Crippen LogP contribution in [0.1, 0.15) is 37.3 Å². The molecule has 0 saturated heterocycles. The number of hydrogen-bond donors (Lipinski definition) is 1. The molecule has 0 radical (unpaired) electrons. The number of rotatable bonds is 3. The van der Waals surface area contributed by atoms with Gasteiger partial charge in [0.1, 0.15) is 11.3 Å². The summed E-state index contributed by atoms with van der Waals surface area (Å²) in [7, 11) is 0. The molecule has 0 amide bonds. The Morgan fingerprint density at radius 2 is 2.33 bits per heavy atom. The van der Waals surface area contributed by atoms with Gasteiger partial charge < -0.3 is 4.42 Å². The van der Waals surface area contributed by atoms with Gasteiger partial charge in [-0.3, -0.25) is 5.32 Å². The molecule has 1 N–H and O–H groups in total. The maximum absolute atomic E-state index is 9.14. The number of aromatic nitrogens is 1. The van der Waals surface area contributed by atoms with Gasteiger partial charge in [0.2, 0.25) is 0 Å². The molecule has 0 aromatic carbocycles. The molecule has 1 aromatic heterocycles. The second-order valence-corrected chi connectivity index (χ2v) is 4.10. The maximum atomic E-state index is 9.14. The molecule has 1 saturated carbocycles. The quantitative estimate of drug-likeness (QED) is 0.818. The van der Waals surface area contributed by atoms with Crippen molar-refractivity contribution in [3.63, 3.8) is 0 Å². The Kier molecular flexibility index (Phi) is 2.74. The van der Waals surface area contributed by atoms with Gasteiger partial charge in [-0.25, -0.2) is 4.98 Å². The molecule has 4 nitrogen and oxygen atoms in total. The normalized spacial score (nSPS) is 18.9. The average Bonchev–Trinajstić information content (AvgIpc) is 2.85. The molecular weight excluding hydrogens is 190 g/mol. The van der Waals surface area contributed by atoms with Crippen LogP contribution in [0.3, 0.4) is 0 Å². The van der Waals surface area contributed by atoms with Crippen molar-refractivity contribution in [2.75, 3.05) is 0 Å². The summed E-state index contributed by atoms with van der Waals surface area (Å²) < 4.78 is 5.35. The summed E-state index contributed by atoms with van der Waals surface area (Å²) in [6, 6.07) is 2.38. The molecule has 15 heavy (non-hydrogen) atoms. The fourth-order valence-electron chi connectivity index (χ4n) is 2.05. The zero-order valence-corrected chi connectivity index (χ0v) is 8.92. The average molecular weight is 205 g/mol. The summed E-state index contributed by atoms with van der Waals surface area (Å²) in [4.78, 5) is 4.02. The summed E-state index contributed by atoms with van der Waals surface area (Å²) in [5.74, 6) is 1.47. The summed E-state index contributed by atoms with van der Waals surface area (Å²) in [5, 5.41) is 12.4.